The molecule has 0 fully saturated rings. The lowest BCUT2D eigenvalue weighted by Gasteiger charge is -2.12. The normalized spacial score (nSPS) is 11.7. The third-order valence-corrected chi connectivity index (χ3v) is 10.7. The van der Waals surface area contributed by atoms with Gasteiger partial charge in [0, 0.05) is 42.2 Å². The molecule has 0 aliphatic rings. The van der Waals surface area contributed by atoms with Crippen molar-refractivity contribution in [2.24, 2.45) is 0 Å². The number of rotatable bonds is 4. The molecule has 0 spiro atoms. The maximum Gasteiger partial charge on any atom is 0.164 e. The molecule has 49 heavy (non-hydrogen) atoms. The van der Waals surface area contributed by atoms with Gasteiger partial charge in [0.2, 0.25) is 0 Å². The van der Waals surface area contributed by atoms with Crippen molar-refractivity contribution in [3.8, 4) is 45.3 Å². The van der Waals surface area contributed by atoms with Gasteiger partial charge in [0.15, 0.2) is 17.5 Å². The third-order valence-electron chi connectivity index (χ3n) is 9.51. The highest BCUT2D eigenvalue weighted by atomic mass is 32.1. The number of hydrogen-bond donors (Lipinski definition) is 0. The number of nitrogens with zero attached hydrogens (tertiary/aromatic N) is 3. The van der Waals surface area contributed by atoms with Crippen LogP contribution in [-0.2, 0) is 0 Å². The minimum absolute atomic E-state index is 0.654. The molecule has 0 saturated carbocycles. The molecule has 3 nitrogen and oxygen atoms in total. The van der Waals surface area contributed by atoms with Crippen molar-refractivity contribution >= 4 is 63.8 Å². The molecule has 0 saturated heterocycles. The summed E-state index contributed by atoms with van der Waals surface area (Å²) in [6.45, 7) is 0. The molecule has 10 rings (SSSR count). The Kier molecular flexibility index (Phi) is 6.36. The summed E-state index contributed by atoms with van der Waals surface area (Å²) in [6, 6.07) is 58.0. The number of hydrogen-bond acceptors (Lipinski definition) is 4. The van der Waals surface area contributed by atoms with Crippen LogP contribution < -0.4 is 0 Å². The third kappa shape index (κ3) is 4.68. The molecule has 0 aliphatic heterocycles. The molecule has 0 unspecified atom stereocenters. The van der Waals surface area contributed by atoms with Crippen LogP contribution in [-0.4, -0.2) is 15.0 Å². The van der Waals surface area contributed by atoms with Crippen LogP contribution in [0.4, 0.5) is 0 Å². The van der Waals surface area contributed by atoms with Gasteiger partial charge in [-0.15, -0.1) is 11.3 Å². The van der Waals surface area contributed by atoms with E-state index in [2.05, 4.69) is 146 Å². The van der Waals surface area contributed by atoms with Crippen LogP contribution in [0.15, 0.2) is 164 Å². The fourth-order valence-electron chi connectivity index (χ4n) is 7.11. The molecule has 0 aliphatic carbocycles. The van der Waals surface area contributed by atoms with Crippen molar-refractivity contribution in [2.75, 3.05) is 0 Å². The lowest BCUT2D eigenvalue weighted by Crippen LogP contribution is -2.00. The minimum atomic E-state index is 0.654. The van der Waals surface area contributed by atoms with E-state index in [4.69, 9.17) is 15.0 Å². The first-order valence-electron chi connectivity index (χ1n) is 16.4. The van der Waals surface area contributed by atoms with Crippen LogP contribution in [0.3, 0.4) is 0 Å². The zero-order valence-corrected chi connectivity index (χ0v) is 27.2. The first-order valence-corrected chi connectivity index (χ1v) is 17.3. The highest BCUT2D eigenvalue weighted by molar-refractivity contribution is 7.26. The van der Waals surface area contributed by atoms with Crippen molar-refractivity contribution in [1.82, 2.24) is 15.0 Å². The van der Waals surface area contributed by atoms with E-state index in [0.717, 1.165) is 32.8 Å². The topological polar surface area (TPSA) is 38.7 Å². The van der Waals surface area contributed by atoms with E-state index in [1.165, 1.54) is 47.5 Å². The van der Waals surface area contributed by atoms with Crippen LogP contribution >= 0.6 is 11.3 Å². The molecule has 228 valence electrons. The Labute approximate surface area is 286 Å². The van der Waals surface area contributed by atoms with E-state index in [1.54, 1.807) is 0 Å². The van der Waals surface area contributed by atoms with E-state index in [9.17, 15) is 0 Å². The summed E-state index contributed by atoms with van der Waals surface area (Å²) in [7, 11) is 0. The molecule has 0 amide bonds. The summed E-state index contributed by atoms with van der Waals surface area (Å²) in [5.74, 6) is 1.98. The van der Waals surface area contributed by atoms with Crippen molar-refractivity contribution in [2.45, 2.75) is 0 Å². The lowest BCUT2D eigenvalue weighted by molar-refractivity contribution is 1.08. The molecule has 0 radical (unpaired) electrons. The Morgan fingerprint density at radius 2 is 0.939 bits per heavy atom. The summed E-state index contributed by atoms with van der Waals surface area (Å²) in [6.07, 6.45) is 0. The Bertz CT molecular complexity index is 2890. The summed E-state index contributed by atoms with van der Waals surface area (Å²) < 4.78 is 2.67. The van der Waals surface area contributed by atoms with Crippen LogP contribution in [0.2, 0.25) is 0 Å². The maximum atomic E-state index is 5.10. The molecule has 2 heterocycles. The smallest absolute Gasteiger partial charge is 0.164 e. The van der Waals surface area contributed by atoms with Crippen LogP contribution in [0.5, 0.6) is 0 Å². The quantitative estimate of drug-likeness (QED) is 0.192. The molecule has 10 aromatic rings. The molecule has 8 aromatic carbocycles. The number of benzene rings is 8. The Balaban J connectivity index is 1.13. The molecule has 4 heteroatoms. The Morgan fingerprint density at radius 1 is 0.327 bits per heavy atom. The van der Waals surface area contributed by atoms with Gasteiger partial charge in [0.1, 0.15) is 0 Å². The summed E-state index contributed by atoms with van der Waals surface area (Å²) >= 11 is 1.88. The Hall–Kier alpha value is -6.23. The van der Waals surface area contributed by atoms with E-state index < -0.39 is 0 Å². The van der Waals surface area contributed by atoms with Crippen molar-refractivity contribution in [3.63, 3.8) is 0 Å². The first kappa shape index (κ1) is 27.8. The average molecular weight is 642 g/mol. The van der Waals surface area contributed by atoms with Gasteiger partial charge >= 0.3 is 0 Å². The van der Waals surface area contributed by atoms with E-state index in [-0.39, 0.29) is 0 Å². The monoisotopic (exact) mass is 641 g/mol. The molecule has 0 bridgehead atoms. The van der Waals surface area contributed by atoms with Crippen molar-refractivity contribution in [1.29, 1.82) is 0 Å². The van der Waals surface area contributed by atoms with Gasteiger partial charge in [-0.2, -0.15) is 0 Å². The average Bonchev–Trinajstić information content (AvgIpc) is 3.56. The van der Waals surface area contributed by atoms with Gasteiger partial charge in [-0.05, 0) is 56.3 Å². The lowest BCUT2D eigenvalue weighted by atomic mass is 9.95. The fourth-order valence-corrected chi connectivity index (χ4v) is 8.34. The summed E-state index contributed by atoms with van der Waals surface area (Å²) in [4.78, 5) is 15.1. The second-order valence-electron chi connectivity index (χ2n) is 12.4. The van der Waals surface area contributed by atoms with Gasteiger partial charge < -0.3 is 0 Å². The van der Waals surface area contributed by atoms with Gasteiger partial charge in [-0.3, -0.25) is 0 Å². The first-order chi connectivity index (χ1) is 24.3. The molecule has 0 N–H and O–H groups in total. The second kappa shape index (κ2) is 11.2. The largest absolute Gasteiger partial charge is 0.208 e. The maximum absolute atomic E-state index is 5.10. The number of thiophene rings is 1. The number of fused-ring (bicyclic) bond motifs is 7. The minimum Gasteiger partial charge on any atom is -0.208 e. The van der Waals surface area contributed by atoms with E-state index >= 15 is 0 Å². The van der Waals surface area contributed by atoms with Gasteiger partial charge in [-0.25, -0.2) is 15.0 Å². The second-order valence-corrected chi connectivity index (χ2v) is 13.5. The summed E-state index contributed by atoms with van der Waals surface area (Å²) in [5.41, 5.74) is 5.32. The molecule has 0 atom stereocenters. The van der Waals surface area contributed by atoms with Crippen molar-refractivity contribution < 1.29 is 0 Å². The molecular formula is C45H27N3S. The van der Waals surface area contributed by atoms with E-state index in [0.29, 0.717) is 17.5 Å². The molecular weight excluding hydrogens is 615 g/mol. The van der Waals surface area contributed by atoms with Crippen LogP contribution in [0.25, 0.3) is 97.8 Å². The summed E-state index contributed by atoms with van der Waals surface area (Å²) in [5, 5.41) is 9.80. The van der Waals surface area contributed by atoms with Crippen molar-refractivity contribution in [3.05, 3.63) is 164 Å². The zero-order chi connectivity index (χ0) is 32.3. The van der Waals surface area contributed by atoms with Gasteiger partial charge in [-0.1, -0.05) is 146 Å². The van der Waals surface area contributed by atoms with Crippen LogP contribution in [0, 0.1) is 0 Å². The fraction of sp³-hybridized carbons (Fsp3) is 0. The highest BCUT2D eigenvalue weighted by Crippen LogP contribution is 2.41. The van der Waals surface area contributed by atoms with Gasteiger partial charge in [0.05, 0.1) is 0 Å². The predicted octanol–water partition coefficient (Wildman–Crippen LogP) is 12.4. The number of aromatic nitrogens is 3. The standard InChI is InChI=1S/C45H27N3S/c1-2-11-30(12-3-1)43-46-44(48-45(47-43)40-18-8-13-29-10-4-5-14-34(29)40)32-23-21-28-20-22-31(26-33(28)27-32)35-16-9-17-38-36(35)24-25-39-37-15-6-7-19-41(37)49-42(38)39/h1-27H. The van der Waals surface area contributed by atoms with Gasteiger partial charge in [0.25, 0.3) is 0 Å². The Morgan fingerprint density at radius 3 is 1.84 bits per heavy atom. The molecule has 2 aromatic heterocycles. The SMILES string of the molecule is c1ccc(-c2nc(-c3ccc4ccc(-c5cccc6c5ccc5c7ccccc7sc65)cc4c3)nc(-c3cccc4ccccc34)n2)cc1. The zero-order valence-electron chi connectivity index (χ0n) is 26.3. The highest BCUT2D eigenvalue weighted by Gasteiger charge is 2.16. The predicted molar refractivity (Wildman–Crippen MR) is 207 cm³/mol. The van der Waals surface area contributed by atoms with E-state index in [1.807, 2.05) is 29.5 Å². The van der Waals surface area contributed by atoms with Crippen LogP contribution in [0.1, 0.15) is 0 Å².